The van der Waals surface area contributed by atoms with E-state index in [1.807, 2.05) is 36.9 Å². The van der Waals surface area contributed by atoms with Crippen LogP contribution in [0.2, 0.25) is 0 Å². The number of piperidine rings is 1. The Morgan fingerprint density at radius 3 is 2.70 bits per heavy atom. The average Bonchev–Trinajstić information content (AvgIpc) is 3.30. The molecule has 1 aliphatic heterocycles. The Balaban J connectivity index is 1.55. The SMILES string of the molecule is COc1ccc(CCC(=O)N2CCCCC2CCn2cc(C(=O)NC(C)C)nn2)cc1OC. The number of hydrogen-bond donors (Lipinski definition) is 1. The lowest BCUT2D eigenvalue weighted by molar-refractivity contribution is -0.135. The maximum atomic E-state index is 13.0. The zero-order valence-corrected chi connectivity index (χ0v) is 20.0. The number of carbonyl (C=O) groups excluding carboxylic acids is 2. The van der Waals surface area contributed by atoms with Gasteiger partial charge >= 0.3 is 0 Å². The Morgan fingerprint density at radius 2 is 1.97 bits per heavy atom. The average molecular weight is 458 g/mol. The molecule has 1 N–H and O–H groups in total. The number of amides is 2. The van der Waals surface area contributed by atoms with Crippen LogP contribution in [0.4, 0.5) is 0 Å². The van der Waals surface area contributed by atoms with E-state index in [2.05, 4.69) is 15.6 Å². The molecule has 33 heavy (non-hydrogen) atoms. The van der Waals surface area contributed by atoms with Gasteiger partial charge in [0.1, 0.15) is 0 Å². The fourth-order valence-corrected chi connectivity index (χ4v) is 4.19. The third-order valence-corrected chi connectivity index (χ3v) is 5.91. The fraction of sp³-hybridized carbons (Fsp3) is 0.583. The van der Waals surface area contributed by atoms with Gasteiger partial charge in [0.2, 0.25) is 5.91 Å². The van der Waals surface area contributed by atoms with Crippen LogP contribution in [0.3, 0.4) is 0 Å². The van der Waals surface area contributed by atoms with Crippen molar-refractivity contribution in [3.8, 4) is 11.5 Å². The van der Waals surface area contributed by atoms with Crippen LogP contribution in [-0.2, 0) is 17.8 Å². The molecular formula is C24H35N5O4. The number of methoxy groups -OCH3 is 2. The standard InChI is InChI=1S/C24H35N5O4/c1-17(2)25-24(31)20-16-28(27-26-20)14-12-19-7-5-6-13-29(19)23(30)11-9-18-8-10-21(32-3)22(15-18)33-4/h8,10,15-17,19H,5-7,9,11-14H2,1-4H3,(H,25,31). The number of aromatic nitrogens is 3. The largest absolute Gasteiger partial charge is 0.493 e. The molecule has 1 saturated heterocycles. The van der Waals surface area contributed by atoms with Crippen molar-refractivity contribution in [2.75, 3.05) is 20.8 Å². The minimum Gasteiger partial charge on any atom is -0.493 e. The number of aryl methyl sites for hydroxylation is 2. The highest BCUT2D eigenvalue weighted by atomic mass is 16.5. The normalized spacial score (nSPS) is 16.0. The van der Waals surface area contributed by atoms with Gasteiger partial charge in [0.15, 0.2) is 17.2 Å². The number of rotatable bonds is 10. The molecule has 0 spiro atoms. The van der Waals surface area contributed by atoms with Crippen molar-refractivity contribution < 1.29 is 19.1 Å². The van der Waals surface area contributed by atoms with Gasteiger partial charge in [0, 0.05) is 31.6 Å². The lowest BCUT2D eigenvalue weighted by atomic mass is 9.98. The second-order valence-electron chi connectivity index (χ2n) is 8.71. The first-order valence-corrected chi connectivity index (χ1v) is 11.6. The predicted octanol–water partition coefficient (Wildman–Crippen LogP) is 2.84. The van der Waals surface area contributed by atoms with Crippen molar-refractivity contribution in [3.05, 3.63) is 35.7 Å². The van der Waals surface area contributed by atoms with E-state index in [1.54, 1.807) is 25.1 Å². The third kappa shape index (κ3) is 6.69. The van der Waals surface area contributed by atoms with Crippen LogP contribution in [-0.4, -0.2) is 64.6 Å². The summed E-state index contributed by atoms with van der Waals surface area (Å²) >= 11 is 0. The molecule has 1 unspecified atom stereocenters. The summed E-state index contributed by atoms with van der Waals surface area (Å²) in [5.74, 6) is 1.31. The van der Waals surface area contributed by atoms with Gasteiger partial charge in [-0.15, -0.1) is 5.10 Å². The quantitative estimate of drug-likeness (QED) is 0.589. The van der Waals surface area contributed by atoms with Crippen LogP contribution < -0.4 is 14.8 Å². The smallest absolute Gasteiger partial charge is 0.273 e. The van der Waals surface area contributed by atoms with Crippen molar-refractivity contribution in [2.45, 2.75) is 71.0 Å². The molecule has 9 heteroatoms. The maximum absolute atomic E-state index is 13.0. The lowest BCUT2D eigenvalue weighted by Crippen LogP contribution is -2.44. The van der Waals surface area contributed by atoms with Crippen molar-refractivity contribution in [1.29, 1.82) is 0 Å². The van der Waals surface area contributed by atoms with E-state index in [-0.39, 0.29) is 23.9 Å². The van der Waals surface area contributed by atoms with E-state index in [0.717, 1.165) is 37.8 Å². The number of hydrogen-bond acceptors (Lipinski definition) is 6. The second-order valence-corrected chi connectivity index (χ2v) is 8.71. The van der Waals surface area contributed by atoms with Crippen molar-refractivity contribution in [2.24, 2.45) is 0 Å². The van der Waals surface area contributed by atoms with Gasteiger partial charge in [-0.1, -0.05) is 11.3 Å². The number of likely N-dealkylation sites (tertiary alicyclic amines) is 1. The Hall–Kier alpha value is -3.10. The summed E-state index contributed by atoms with van der Waals surface area (Å²) in [4.78, 5) is 27.2. The molecule has 0 aliphatic carbocycles. The molecule has 1 atom stereocenters. The Kier molecular flexibility index (Phi) is 8.68. The third-order valence-electron chi connectivity index (χ3n) is 5.91. The molecule has 2 amide bonds. The number of benzene rings is 1. The first-order valence-electron chi connectivity index (χ1n) is 11.6. The number of nitrogens with one attached hydrogen (secondary N) is 1. The van der Waals surface area contributed by atoms with Crippen molar-refractivity contribution in [1.82, 2.24) is 25.2 Å². The zero-order chi connectivity index (χ0) is 23.8. The molecule has 3 rings (SSSR count). The van der Waals surface area contributed by atoms with Gasteiger partial charge in [-0.3, -0.25) is 14.3 Å². The summed E-state index contributed by atoms with van der Waals surface area (Å²) in [5.41, 5.74) is 1.36. The minimum absolute atomic E-state index is 0.0449. The fourth-order valence-electron chi connectivity index (χ4n) is 4.19. The van der Waals surface area contributed by atoms with E-state index < -0.39 is 0 Å². The van der Waals surface area contributed by atoms with Crippen molar-refractivity contribution in [3.63, 3.8) is 0 Å². The molecule has 1 aromatic heterocycles. The molecule has 0 bridgehead atoms. The van der Waals surface area contributed by atoms with E-state index in [0.29, 0.717) is 36.6 Å². The number of nitrogens with zero attached hydrogens (tertiary/aromatic N) is 4. The molecule has 9 nitrogen and oxygen atoms in total. The molecule has 0 radical (unpaired) electrons. The molecular weight excluding hydrogens is 422 g/mol. The summed E-state index contributed by atoms with van der Waals surface area (Å²) in [6, 6.07) is 5.99. The van der Waals surface area contributed by atoms with Crippen LogP contribution in [0, 0.1) is 0 Å². The Labute approximate surface area is 195 Å². The first kappa shape index (κ1) is 24.5. The summed E-state index contributed by atoms with van der Waals surface area (Å²) in [5, 5.41) is 10.9. The Morgan fingerprint density at radius 1 is 1.18 bits per heavy atom. The van der Waals surface area contributed by atoms with Crippen molar-refractivity contribution >= 4 is 11.8 Å². The monoisotopic (exact) mass is 457 g/mol. The molecule has 1 aromatic carbocycles. The minimum atomic E-state index is -0.221. The zero-order valence-electron chi connectivity index (χ0n) is 20.0. The second kappa shape index (κ2) is 11.7. The highest BCUT2D eigenvalue weighted by molar-refractivity contribution is 5.91. The van der Waals surface area contributed by atoms with Gasteiger partial charge in [-0.05, 0) is 63.6 Å². The number of carbonyl (C=O) groups is 2. The van der Waals surface area contributed by atoms with E-state index in [1.165, 1.54) is 0 Å². The highest BCUT2D eigenvalue weighted by Gasteiger charge is 2.26. The van der Waals surface area contributed by atoms with Crippen LogP contribution in [0.15, 0.2) is 24.4 Å². The molecule has 1 aliphatic rings. The lowest BCUT2D eigenvalue weighted by Gasteiger charge is -2.36. The maximum Gasteiger partial charge on any atom is 0.273 e. The first-order chi connectivity index (χ1) is 15.9. The summed E-state index contributed by atoms with van der Waals surface area (Å²) in [6.45, 7) is 5.21. The summed E-state index contributed by atoms with van der Waals surface area (Å²) in [7, 11) is 3.22. The molecule has 0 saturated carbocycles. The van der Waals surface area contributed by atoms with E-state index in [9.17, 15) is 9.59 Å². The van der Waals surface area contributed by atoms with E-state index >= 15 is 0 Å². The van der Waals surface area contributed by atoms with Crippen LogP contribution in [0.1, 0.15) is 62.0 Å². The van der Waals surface area contributed by atoms with Gasteiger partial charge in [0.05, 0.1) is 20.4 Å². The van der Waals surface area contributed by atoms with Gasteiger partial charge in [0.25, 0.3) is 5.91 Å². The van der Waals surface area contributed by atoms with Crippen LogP contribution >= 0.6 is 0 Å². The van der Waals surface area contributed by atoms with Gasteiger partial charge in [-0.25, -0.2) is 0 Å². The van der Waals surface area contributed by atoms with E-state index in [4.69, 9.17) is 9.47 Å². The molecule has 180 valence electrons. The van der Waals surface area contributed by atoms with Gasteiger partial charge in [-0.2, -0.15) is 0 Å². The topological polar surface area (TPSA) is 98.6 Å². The van der Waals surface area contributed by atoms with Gasteiger partial charge < -0.3 is 19.7 Å². The molecule has 2 aromatic rings. The highest BCUT2D eigenvalue weighted by Crippen LogP contribution is 2.28. The predicted molar refractivity (Wildman–Crippen MR) is 124 cm³/mol. The molecule has 2 heterocycles. The number of ether oxygens (including phenoxy) is 2. The van der Waals surface area contributed by atoms with Crippen LogP contribution in [0.5, 0.6) is 11.5 Å². The van der Waals surface area contributed by atoms with Crippen LogP contribution in [0.25, 0.3) is 0 Å². The molecule has 1 fully saturated rings. The Bertz CT molecular complexity index is 943. The summed E-state index contributed by atoms with van der Waals surface area (Å²) < 4.78 is 12.3. The summed E-state index contributed by atoms with van der Waals surface area (Å²) in [6.07, 6.45) is 6.69.